The first kappa shape index (κ1) is 13.2. The van der Waals surface area contributed by atoms with Crippen molar-refractivity contribution >= 4 is 21.8 Å². The first-order valence-electron chi connectivity index (χ1n) is 5.47. The molecule has 1 aromatic rings. The molecule has 16 heavy (non-hydrogen) atoms. The molecule has 0 unspecified atom stereocenters. The van der Waals surface area contributed by atoms with E-state index in [1.54, 1.807) is 6.92 Å². The molecule has 0 N–H and O–H groups in total. The Labute approximate surface area is 104 Å². The molecule has 0 spiro atoms. The molecule has 0 saturated heterocycles. The highest BCUT2D eigenvalue weighted by Crippen LogP contribution is 2.11. The highest BCUT2D eigenvalue weighted by Gasteiger charge is 2.19. The average Bonchev–Trinajstić information content (AvgIpc) is 2.69. The van der Waals surface area contributed by atoms with E-state index in [0.717, 1.165) is 24.7 Å². The first-order valence-corrected chi connectivity index (χ1v) is 6.59. The lowest BCUT2D eigenvalue weighted by atomic mass is 10.2. The van der Waals surface area contributed by atoms with Gasteiger partial charge in [-0.15, -0.1) is 0 Å². The Hall–Kier alpha value is -0.840. The summed E-state index contributed by atoms with van der Waals surface area (Å²) >= 11 is 3.36. The van der Waals surface area contributed by atoms with Gasteiger partial charge in [-0.3, -0.25) is 4.79 Å². The minimum atomic E-state index is 0.00616. The van der Waals surface area contributed by atoms with E-state index in [-0.39, 0.29) is 5.91 Å². The van der Waals surface area contributed by atoms with Crippen molar-refractivity contribution < 1.29 is 9.32 Å². The number of hydrogen-bond acceptors (Lipinski definition) is 3. The molecule has 0 aliphatic rings. The normalized spacial score (nSPS) is 10.4. The minimum absolute atomic E-state index is 0.00616. The van der Waals surface area contributed by atoms with Crippen LogP contribution >= 0.6 is 15.9 Å². The van der Waals surface area contributed by atoms with Crippen LogP contribution in [0.4, 0.5) is 0 Å². The topological polar surface area (TPSA) is 46.3 Å². The van der Waals surface area contributed by atoms with Gasteiger partial charge < -0.3 is 9.42 Å². The Kier molecular flexibility index (Phi) is 5.52. The van der Waals surface area contributed by atoms with Crippen molar-refractivity contribution in [1.82, 2.24) is 10.1 Å². The van der Waals surface area contributed by atoms with Gasteiger partial charge in [0.2, 0.25) is 0 Å². The van der Waals surface area contributed by atoms with Crippen LogP contribution in [0, 0.1) is 6.92 Å². The zero-order valence-corrected chi connectivity index (χ0v) is 11.3. The summed E-state index contributed by atoms with van der Waals surface area (Å²) in [6, 6.07) is 0. The number of halogens is 1. The van der Waals surface area contributed by atoms with Crippen LogP contribution in [0.2, 0.25) is 0 Å². The van der Waals surface area contributed by atoms with Gasteiger partial charge in [-0.05, 0) is 13.3 Å². The Morgan fingerprint density at radius 2 is 2.31 bits per heavy atom. The molecule has 0 aromatic carbocycles. The second-order valence-corrected chi connectivity index (χ2v) is 4.42. The average molecular weight is 289 g/mol. The Morgan fingerprint density at radius 3 is 2.81 bits per heavy atom. The highest BCUT2D eigenvalue weighted by atomic mass is 79.9. The van der Waals surface area contributed by atoms with Crippen molar-refractivity contribution in [3.63, 3.8) is 0 Å². The summed E-state index contributed by atoms with van der Waals surface area (Å²) in [5.41, 5.74) is 0.567. The lowest BCUT2D eigenvalue weighted by Crippen LogP contribution is -2.33. The number of amides is 1. The fraction of sp³-hybridized carbons (Fsp3) is 0.636. The van der Waals surface area contributed by atoms with E-state index in [0.29, 0.717) is 17.9 Å². The standard InChI is InChI=1S/C11H17BrN2O2/c1-3-4-6-14(7-5-12)11(15)10-8-13-16-9(10)2/h8H,3-7H2,1-2H3. The second kappa shape index (κ2) is 6.68. The maximum atomic E-state index is 12.1. The van der Waals surface area contributed by atoms with Gasteiger partial charge in [-0.2, -0.15) is 0 Å². The maximum Gasteiger partial charge on any atom is 0.259 e. The molecule has 1 amide bonds. The van der Waals surface area contributed by atoms with E-state index in [4.69, 9.17) is 4.52 Å². The molecule has 90 valence electrons. The van der Waals surface area contributed by atoms with Crippen LogP contribution in [0.15, 0.2) is 10.7 Å². The third-order valence-electron chi connectivity index (χ3n) is 2.40. The van der Waals surface area contributed by atoms with Crippen LogP contribution < -0.4 is 0 Å². The first-order chi connectivity index (χ1) is 7.70. The van der Waals surface area contributed by atoms with Crippen molar-refractivity contribution in [2.24, 2.45) is 0 Å². The molecule has 0 aliphatic carbocycles. The summed E-state index contributed by atoms with van der Waals surface area (Å²) in [4.78, 5) is 14.0. The van der Waals surface area contributed by atoms with Gasteiger partial charge in [-0.1, -0.05) is 34.4 Å². The smallest absolute Gasteiger partial charge is 0.259 e. The Balaban J connectivity index is 2.70. The molecule has 5 heteroatoms. The van der Waals surface area contributed by atoms with Crippen molar-refractivity contribution in [1.29, 1.82) is 0 Å². The number of unbranched alkanes of at least 4 members (excludes halogenated alkanes) is 1. The zero-order valence-electron chi connectivity index (χ0n) is 9.70. The third-order valence-corrected chi connectivity index (χ3v) is 2.76. The van der Waals surface area contributed by atoms with Gasteiger partial charge in [0, 0.05) is 18.4 Å². The molecular formula is C11H17BrN2O2. The van der Waals surface area contributed by atoms with Crippen LogP contribution in [0.1, 0.15) is 35.9 Å². The maximum absolute atomic E-state index is 12.1. The summed E-state index contributed by atoms with van der Waals surface area (Å²) in [6.45, 7) is 5.36. The molecule has 4 nitrogen and oxygen atoms in total. The molecular weight excluding hydrogens is 272 g/mol. The summed E-state index contributed by atoms with van der Waals surface area (Å²) in [5.74, 6) is 0.590. The number of nitrogens with zero attached hydrogens (tertiary/aromatic N) is 2. The number of aryl methyl sites for hydroxylation is 1. The Bertz CT molecular complexity index is 338. The SMILES string of the molecule is CCCCN(CCBr)C(=O)c1cnoc1C. The predicted molar refractivity (Wildman–Crippen MR) is 65.8 cm³/mol. The molecule has 0 bridgehead atoms. The molecule has 1 rings (SSSR count). The van der Waals surface area contributed by atoms with Gasteiger partial charge in [0.15, 0.2) is 0 Å². The van der Waals surface area contributed by atoms with E-state index in [2.05, 4.69) is 28.0 Å². The van der Waals surface area contributed by atoms with Gasteiger partial charge in [0.1, 0.15) is 11.3 Å². The van der Waals surface area contributed by atoms with Crippen molar-refractivity contribution in [2.45, 2.75) is 26.7 Å². The molecule has 0 atom stereocenters. The number of carbonyl (C=O) groups excluding carboxylic acids is 1. The quantitative estimate of drug-likeness (QED) is 0.756. The number of carbonyl (C=O) groups is 1. The van der Waals surface area contributed by atoms with E-state index in [1.165, 1.54) is 6.20 Å². The third kappa shape index (κ3) is 3.33. The van der Waals surface area contributed by atoms with Crippen LogP contribution in [0.3, 0.4) is 0 Å². The summed E-state index contributed by atoms with van der Waals surface area (Å²) in [6.07, 6.45) is 3.59. The van der Waals surface area contributed by atoms with E-state index in [9.17, 15) is 4.79 Å². The monoisotopic (exact) mass is 288 g/mol. The van der Waals surface area contributed by atoms with Crippen molar-refractivity contribution in [3.8, 4) is 0 Å². The molecule has 0 saturated carbocycles. The summed E-state index contributed by atoms with van der Waals surface area (Å²) in [7, 11) is 0. The highest BCUT2D eigenvalue weighted by molar-refractivity contribution is 9.09. The fourth-order valence-electron chi connectivity index (χ4n) is 1.44. The van der Waals surface area contributed by atoms with Crippen LogP contribution in [0.25, 0.3) is 0 Å². The van der Waals surface area contributed by atoms with E-state index in [1.807, 2.05) is 4.90 Å². The number of alkyl halides is 1. The lowest BCUT2D eigenvalue weighted by Gasteiger charge is -2.20. The van der Waals surface area contributed by atoms with Crippen LogP contribution in [0.5, 0.6) is 0 Å². The minimum Gasteiger partial charge on any atom is -0.361 e. The van der Waals surface area contributed by atoms with E-state index >= 15 is 0 Å². The molecule has 1 aromatic heterocycles. The van der Waals surface area contributed by atoms with Gasteiger partial charge >= 0.3 is 0 Å². The summed E-state index contributed by atoms with van der Waals surface area (Å²) < 4.78 is 4.91. The molecule has 0 aliphatic heterocycles. The second-order valence-electron chi connectivity index (χ2n) is 3.63. The van der Waals surface area contributed by atoms with Crippen molar-refractivity contribution in [3.05, 3.63) is 17.5 Å². The fourth-order valence-corrected chi connectivity index (χ4v) is 1.87. The lowest BCUT2D eigenvalue weighted by molar-refractivity contribution is 0.0762. The predicted octanol–water partition coefficient (Wildman–Crippen LogP) is 2.62. The number of hydrogen-bond donors (Lipinski definition) is 0. The van der Waals surface area contributed by atoms with Crippen LogP contribution in [-0.2, 0) is 0 Å². The largest absolute Gasteiger partial charge is 0.361 e. The molecule has 0 radical (unpaired) electrons. The van der Waals surface area contributed by atoms with Gasteiger partial charge in [0.25, 0.3) is 5.91 Å². The Morgan fingerprint density at radius 1 is 1.56 bits per heavy atom. The number of aromatic nitrogens is 1. The summed E-state index contributed by atoms with van der Waals surface area (Å²) in [5, 5.41) is 4.42. The van der Waals surface area contributed by atoms with E-state index < -0.39 is 0 Å². The zero-order chi connectivity index (χ0) is 12.0. The van der Waals surface area contributed by atoms with Crippen molar-refractivity contribution in [2.75, 3.05) is 18.4 Å². The van der Waals surface area contributed by atoms with Gasteiger partial charge in [-0.25, -0.2) is 0 Å². The molecule has 0 fully saturated rings. The number of rotatable bonds is 6. The molecule has 1 heterocycles. The van der Waals surface area contributed by atoms with Crippen LogP contribution in [-0.4, -0.2) is 34.4 Å². The van der Waals surface area contributed by atoms with Gasteiger partial charge in [0.05, 0.1) is 6.20 Å².